The predicted molar refractivity (Wildman–Crippen MR) is 116 cm³/mol. The van der Waals surface area contributed by atoms with Gasteiger partial charge in [0, 0.05) is 39.2 Å². The molecule has 0 aliphatic carbocycles. The Bertz CT molecular complexity index is 904. The Hall–Kier alpha value is -2.93. The first-order chi connectivity index (χ1) is 14.4. The second-order valence-electron chi connectivity index (χ2n) is 7.83. The van der Waals surface area contributed by atoms with Gasteiger partial charge in [-0.3, -0.25) is 9.59 Å². The van der Waals surface area contributed by atoms with Crippen LogP contribution in [0.1, 0.15) is 37.6 Å². The molecule has 1 aromatic carbocycles. The van der Waals surface area contributed by atoms with Crippen LogP contribution in [0.15, 0.2) is 53.8 Å². The summed E-state index contributed by atoms with van der Waals surface area (Å²) in [6.07, 6.45) is 2.59. The van der Waals surface area contributed by atoms with Crippen LogP contribution in [0.5, 0.6) is 0 Å². The number of benzene rings is 1. The van der Waals surface area contributed by atoms with Gasteiger partial charge >= 0.3 is 0 Å². The lowest BCUT2D eigenvalue weighted by Gasteiger charge is -2.28. The summed E-state index contributed by atoms with van der Waals surface area (Å²) in [6.45, 7) is 4.40. The van der Waals surface area contributed by atoms with Crippen LogP contribution in [0, 0.1) is 5.92 Å². The topological polar surface area (TPSA) is 67.1 Å². The summed E-state index contributed by atoms with van der Waals surface area (Å²) in [5, 5.41) is 6.24. The van der Waals surface area contributed by atoms with Gasteiger partial charge in [0.2, 0.25) is 5.91 Å². The quantitative estimate of drug-likeness (QED) is 0.672. The fourth-order valence-electron chi connectivity index (χ4n) is 3.66. The van der Waals surface area contributed by atoms with E-state index in [4.69, 9.17) is 9.84 Å². The summed E-state index contributed by atoms with van der Waals surface area (Å²) in [7, 11) is 3.55. The summed E-state index contributed by atoms with van der Waals surface area (Å²) in [5.74, 6) is -0.457. The molecule has 7 nitrogen and oxygen atoms in total. The zero-order valence-electron chi connectivity index (χ0n) is 18.1. The smallest absolute Gasteiger partial charge is 0.262 e. The van der Waals surface area contributed by atoms with Crippen molar-refractivity contribution < 1.29 is 14.3 Å². The van der Waals surface area contributed by atoms with Gasteiger partial charge in [0.05, 0.1) is 24.1 Å². The normalized spacial score (nSPS) is 16.1. The molecule has 0 spiro atoms. The van der Waals surface area contributed by atoms with E-state index in [1.807, 2.05) is 74.1 Å². The number of hydrogen-bond acceptors (Lipinski definition) is 4. The third kappa shape index (κ3) is 4.79. The van der Waals surface area contributed by atoms with Crippen LogP contribution in [-0.2, 0) is 21.4 Å². The van der Waals surface area contributed by atoms with Gasteiger partial charge in [-0.2, -0.15) is 5.10 Å². The molecule has 2 aromatic rings. The van der Waals surface area contributed by atoms with Crippen molar-refractivity contribution in [3.05, 3.63) is 59.9 Å². The average Bonchev–Trinajstić information content (AvgIpc) is 3.37. The molecule has 1 aliphatic heterocycles. The second-order valence-corrected chi connectivity index (χ2v) is 7.83. The molecule has 7 heteroatoms. The second kappa shape index (κ2) is 9.71. The third-order valence-corrected chi connectivity index (χ3v) is 5.29. The minimum absolute atomic E-state index is 0.0202. The van der Waals surface area contributed by atoms with Crippen LogP contribution < -0.4 is 0 Å². The molecule has 0 unspecified atom stereocenters. The summed E-state index contributed by atoms with van der Waals surface area (Å²) in [4.78, 5) is 27.5. The number of hydrogen-bond donors (Lipinski definition) is 0. The number of aryl methyl sites for hydroxylation is 1. The molecule has 0 N–H and O–H groups in total. The van der Waals surface area contributed by atoms with Crippen LogP contribution >= 0.6 is 0 Å². The molecule has 0 bridgehead atoms. The zero-order valence-corrected chi connectivity index (χ0v) is 18.1. The van der Waals surface area contributed by atoms with E-state index in [-0.39, 0.29) is 30.3 Å². The highest BCUT2D eigenvalue weighted by Crippen LogP contribution is 2.32. The van der Waals surface area contributed by atoms with Crippen molar-refractivity contribution in [1.29, 1.82) is 0 Å². The predicted octanol–water partition coefficient (Wildman–Crippen LogP) is 2.83. The molecule has 0 saturated carbocycles. The number of methoxy groups -OCH3 is 1. The maximum atomic E-state index is 13.3. The Balaban J connectivity index is 1.87. The number of ether oxygens (including phenoxy) is 1. The third-order valence-electron chi connectivity index (χ3n) is 5.29. The lowest BCUT2D eigenvalue weighted by Crippen LogP contribution is -2.44. The molecule has 30 heavy (non-hydrogen) atoms. The van der Waals surface area contributed by atoms with Crippen LogP contribution in [0.3, 0.4) is 0 Å². The highest BCUT2D eigenvalue weighted by molar-refractivity contribution is 6.02. The number of aromatic nitrogens is 1. The van der Waals surface area contributed by atoms with E-state index in [1.165, 1.54) is 0 Å². The minimum Gasteiger partial charge on any atom is -0.383 e. The maximum absolute atomic E-state index is 13.3. The molecule has 160 valence electrons. The fourth-order valence-corrected chi connectivity index (χ4v) is 3.66. The van der Waals surface area contributed by atoms with E-state index in [1.54, 1.807) is 17.0 Å². The Labute approximate surface area is 177 Å². The van der Waals surface area contributed by atoms with Crippen LogP contribution in [0.2, 0.25) is 0 Å². The van der Waals surface area contributed by atoms with Gasteiger partial charge in [0.1, 0.15) is 6.54 Å². The monoisotopic (exact) mass is 410 g/mol. The minimum atomic E-state index is -0.196. The van der Waals surface area contributed by atoms with Gasteiger partial charge < -0.3 is 14.2 Å². The Morgan fingerprint density at radius 3 is 2.53 bits per heavy atom. The van der Waals surface area contributed by atoms with E-state index < -0.39 is 0 Å². The number of carbonyl (C=O) groups is 2. The fraction of sp³-hybridized carbons (Fsp3) is 0.435. The van der Waals surface area contributed by atoms with Gasteiger partial charge in [-0.1, -0.05) is 44.2 Å². The summed E-state index contributed by atoms with van der Waals surface area (Å²) in [6, 6.07) is 13.7. The Kier molecular flexibility index (Phi) is 7.05. The summed E-state index contributed by atoms with van der Waals surface area (Å²) >= 11 is 0. The molecular weight excluding hydrogens is 380 g/mol. The molecule has 2 amide bonds. The largest absolute Gasteiger partial charge is 0.383 e. The van der Waals surface area contributed by atoms with Crippen LogP contribution in [-0.4, -0.2) is 58.8 Å². The molecule has 0 fully saturated rings. The van der Waals surface area contributed by atoms with Crippen molar-refractivity contribution >= 4 is 17.5 Å². The van der Waals surface area contributed by atoms with Gasteiger partial charge in [0.15, 0.2) is 0 Å². The molecule has 1 atom stereocenters. The number of rotatable bonds is 8. The molecule has 3 rings (SSSR count). The Morgan fingerprint density at radius 1 is 1.20 bits per heavy atom. The van der Waals surface area contributed by atoms with Crippen LogP contribution in [0.25, 0.3) is 0 Å². The molecule has 2 heterocycles. The standard InChI is InChI=1S/C23H30N4O3/c1-17(2)23(29)26(13-14-30-4)16-22(28)27-21(18-9-6-5-7-10-18)15-19(24-27)20-11-8-12-25(20)3/h5-12,17,21H,13-16H2,1-4H3/t21-/m0/s1. The molecule has 1 aliphatic rings. The molecule has 0 saturated heterocycles. The van der Waals surface area contributed by atoms with Gasteiger partial charge in [-0.15, -0.1) is 0 Å². The van der Waals surface area contributed by atoms with E-state index in [2.05, 4.69) is 0 Å². The molecule has 1 aromatic heterocycles. The highest BCUT2D eigenvalue weighted by atomic mass is 16.5. The lowest BCUT2D eigenvalue weighted by molar-refractivity contribution is -0.143. The first-order valence-corrected chi connectivity index (χ1v) is 10.3. The number of nitrogens with zero attached hydrogens (tertiary/aromatic N) is 4. The number of carbonyl (C=O) groups excluding carboxylic acids is 2. The van der Waals surface area contributed by atoms with Gasteiger partial charge in [-0.05, 0) is 17.7 Å². The number of hydrazone groups is 1. The van der Waals surface area contributed by atoms with Crippen molar-refractivity contribution in [2.45, 2.75) is 26.3 Å². The van der Waals surface area contributed by atoms with E-state index >= 15 is 0 Å². The Morgan fingerprint density at radius 2 is 1.93 bits per heavy atom. The molecular formula is C23H30N4O3. The first-order valence-electron chi connectivity index (χ1n) is 10.3. The van der Waals surface area contributed by atoms with Crippen molar-refractivity contribution in [1.82, 2.24) is 14.5 Å². The van der Waals surface area contributed by atoms with E-state index in [9.17, 15) is 9.59 Å². The van der Waals surface area contributed by atoms with Gasteiger partial charge in [0.25, 0.3) is 5.91 Å². The maximum Gasteiger partial charge on any atom is 0.262 e. The van der Waals surface area contributed by atoms with Crippen molar-refractivity contribution in [2.24, 2.45) is 18.1 Å². The highest BCUT2D eigenvalue weighted by Gasteiger charge is 2.35. The summed E-state index contributed by atoms with van der Waals surface area (Å²) in [5.41, 5.74) is 2.88. The lowest BCUT2D eigenvalue weighted by atomic mass is 10.0. The average molecular weight is 411 g/mol. The van der Waals surface area contributed by atoms with Crippen molar-refractivity contribution in [2.75, 3.05) is 26.8 Å². The number of amides is 2. The van der Waals surface area contributed by atoms with E-state index in [0.29, 0.717) is 19.6 Å². The SMILES string of the molecule is COCCN(CC(=O)N1N=C(c2cccn2C)C[C@H]1c1ccccc1)C(=O)C(C)C. The van der Waals surface area contributed by atoms with Gasteiger partial charge in [-0.25, -0.2) is 5.01 Å². The van der Waals surface area contributed by atoms with Crippen LogP contribution in [0.4, 0.5) is 0 Å². The van der Waals surface area contributed by atoms with E-state index in [0.717, 1.165) is 17.0 Å². The van der Waals surface area contributed by atoms with Crippen molar-refractivity contribution in [3.8, 4) is 0 Å². The first kappa shape index (κ1) is 21.8. The summed E-state index contributed by atoms with van der Waals surface area (Å²) < 4.78 is 7.13. The molecule has 0 radical (unpaired) electrons. The zero-order chi connectivity index (χ0) is 21.7. The van der Waals surface area contributed by atoms with Crippen molar-refractivity contribution in [3.63, 3.8) is 0 Å².